The molecule has 3 atom stereocenters. The van der Waals surface area contributed by atoms with Crippen molar-refractivity contribution in [1.82, 2.24) is 5.32 Å². The first-order valence-electron chi connectivity index (χ1n) is 19.0. The average Bonchev–Trinajstić information content (AvgIpc) is 3.01. The molecular weight excluding hydrogens is 534 g/mol. The molecule has 4 N–H and O–H groups in total. The molecule has 5 nitrogen and oxygen atoms in total. The fourth-order valence-electron chi connectivity index (χ4n) is 5.82. The lowest BCUT2D eigenvalue weighted by molar-refractivity contribution is -0.131. The topological polar surface area (TPSA) is 89.8 Å². The largest absolute Gasteiger partial charge is 0.394 e. The molecule has 0 spiro atoms. The van der Waals surface area contributed by atoms with Gasteiger partial charge in [0.15, 0.2) is 0 Å². The van der Waals surface area contributed by atoms with Crippen LogP contribution < -0.4 is 5.32 Å². The van der Waals surface area contributed by atoms with Gasteiger partial charge in [0.2, 0.25) is 5.91 Å². The molecule has 0 aliphatic rings. The summed E-state index contributed by atoms with van der Waals surface area (Å²) in [5.41, 5.74) is 0. The van der Waals surface area contributed by atoms with Crippen molar-refractivity contribution in [2.75, 3.05) is 6.61 Å². The first-order chi connectivity index (χ1) is 21.1. The number of amides is 1. The van der Waals surface area contributed by atoms with Crippen LogP contribution in [0.3, 0.4) is 0 Å². The Morgan fingerprint density at radius 1 is 0.535 bits per heavy atom. The number of carbonyl (C=O) groups excluding carboxylic acids is 1. The summed E-state index contributed by atoms with van der Waals surface area (Å²) in [6.07, 6.45) is 37.8. The van der Waals surface area contributed by atoms with Gasteiger partial charge in [-0.3, -0.25) is 4.79 Å². The molecule has 43 heavy (non-hydrogen) atoms. The lowest BCUT2D eigenvalue weighted by Crippen LogP contribution is -2.49. The fraction of sp³-hybridized carbons (Fsp3) is 0.921. The van der Waals surface area contributed by atoms with Gasteiger partial charge in [-0.1, -0.05) is 180 Å². The third-order valence-electron chi connectivity index (χ3n) is 8.88. The van der Waals surface area contributed by atoms with E-state index in [4.69, 9.17) is 0 Å². The van der Waals surface area contributed by atoms with Crippen molar-refractivity contribution in [2.45, 2.75) is 218 Å². The van der Waals surface area contributed by atoms with Gasteiger partial charge in [-0.2, -0.15) is 0 Å². The van der Waals surface area contributed by atoms with Crippen LogP contribution in [0.4, 0.5) is 0 Å². The van der Waals surface area contributed by atoms with Crippen LogP contribution in [-0.2, 0) is 4.79 Å². The highest BCUT2D eigenvalue weighted by molar-refractivity contribution is 5.80. The Kier molecular flexibility index (Phi) is 33.3. The van der Waals surface area contributed by atoms with Gasteiger partial charge in [0.25, 0.3) is 0 Å². The van der Waals surface area contributed by atoms with Crippen molar-refractivity contribution in [3.8, 4) is 0 Å². The van der Waals surface area contributed by atoms with Gasteiger partial charge in [-0.05, 0) is 32.1 Å². The van der Waals surface area contributed by atoms with E-state index < -0.39 is 24.2 Å². The van der Waals surface area contributed by atoms with Crippen molar-refractivity contribution < 1.29 is 20.1 Å². The number of nitrogens with one attached hydrogen (secondary N) is 1. The first kappa shape index (κ1) is 42.1. The molecular formula is C38H75NO4. The second-order valence-electron chi connectivity index (χ2n) is 13.1. The molecule has 1 amide bonds. The minimum Gasteiger partial charge on any atom is -0.394 e. The van der Waals surface area contributed by atoms with Crippen molar-refractivity contribution in [2.24, 2.45) is 0 Å². The van der Waals surface area contributed by atoms with E-state index in [2.05, 4.69) is 31.3 Å². The smallest absolute Gasteiger partial charge is 0.249 e. The minimum atomic E-state index is -1.08. The molecule has 5 heteroatoms. The van der Waals surface area contributed by atoms with Gasteiger partial charge in [-0.25, -0.2) is 0 Å². The molecule has 0 bridgehead atoms. The van der Waals surface area contributed by atoms with Crippen LogP contribution in [-0.4, -0.2) is 46.1 Å². The number of aliphatic hydroxyl groups excluding tert-OH is 3. The van der Waals surface area contributed by atoms with Gasteiger partial charge in [0.1, 0.15) is 6.10 Å². The van der Waals surface area contributed by atoms with Crippen molar-refractivity contribution in [1.29, 1.82) is 0 Å². The summed E-state index contributed by atoms with van der Waals surface area (Å²) in [5.74, 6) is -0.485. The van der Waals surface area contributed by atoms with E-state index >= 15 is 0 Å². The number of aliphatic hydroxyl groups is 3. The Balaban J connectivity index is 3.60. The summed E-state index contributed by atoms with van der Waals surface area (Å²) in [7, 11) is 0. The molecule has 0 fully saturated rings. The summed E-state index contributed by atoms with van der Waals surface area (Å²) in [6.45, 7) is 4.16. The molecule has 0 heterocycles. The summed E-state index contributed by atoms with van der Waals surface area (Å²) < 4.78 is 0. The second kappa shape index (κ2) is 34.0. The van der Waals surface area contributed by atoms with E-state index in [0.717, 1.165) is 44.9 Å². The van der Waals surface area contributed by atoms with E-state index in [9.17, 15) is 20.1 Å². The molecule has 0 rings (SSSR count). The predicted octanol–water partition coefficient (Wildman–Crippen LogP) is 10.1. The van der Waals surface area contributed by atoms with E-state index in [1.807, 2.05) is 0 Å². The highest BCUT2D eigenvalue weighted by atomic mass is 16.3. The zero-order valence-electron chi connectivity index (χ0n) is 28.8. The molecule has 0 radical (unpaired) electrons. The predicted molar refractivity (Wildman–Crippen MR) is 185 cm³/mol. The average molecular weight is 610 g/mol. The molecule has 0 aromatic rings. The molecule has 0 aliphatic heterocycles. The zero-order chi connectivity index (χ0) is 31.6. The second-order valence-corrected chi connectivity index (χ2v) is 13.1. The van der Waals surface area contributed by atoms with Crippen LogP contribution in [0, 0.1) is 0 Å². The van der Waals surface area contributed by atoms with E-state index in [0.29, 0.717) is 12.8 Å². The number of rotatable bonds is 34. The lowest BCUT2D eigenvalue weighted by atomic mass is 10.0. The Morgan fingerprint density at radius 3 is 1.35 bits per heavy atom. The minimum absolute atomic E-state index is 0.316. The van der Waals surface area contributed by atoms with Gasteiger partial charge >= 0.3 is 0 Å². The summed E-state index contributed by atoms with van der Waals surface area (Å²) >= 11 is 0. The number of carbonyl (C=O) groups is 1. The summed E-state index contributed by atoms with van der Waals surface area (Å²) in [4.78, 5) is 12.3. The number of unbranched alkanes of at least 4 members (excludes halogenated alkanes) is 24. The van der Waals surface area contributed by atoms with Crippen LogP contribution >= 0.6 is 0 Å². The van der Waals surface area contributed by atoms with Crippen LogP contribution in [0.1, 0.15) is 200 Å². The maximum Gasteiger partial charge on any atom is 0.249 e. The molecule has 256 valence electrons. The fourth-order valence-corrected chi connectivity index (χ4v) is 5.82. The lowest BCUT2D eigenvalue weighted by Gasteiger charge is -2.23. The maximum atomic E-state index is 12.3. The van der Waals surface area contributed by atoms with E-state index in [-0.39, 0.29) is 6.61 Å². The highest BCUT2D eigenvalue weighted by Crippen LogP contribution is 2.16. The molecule has 0 saturated carbocycles. The van der Waals surface area contributed by atoms with E-state index in [1.54, 1.807) is 0 Å². The Bertz CT molecular complexity index is 596. The number of hydrogen-bond donors (Lipinski definition) is 4. The zero-order valence-corrected chi connectivity index (χ0v) is 28.8. The quantitative estimate of drug-likeness (QED) is 0.0432. The highest BCUT2D eigenvalue weighted by Gasteiger charge is 2.23. The standard InChI is InChI=1S/C38H75NO4/c1-3-5-7-9-11-13-14-15-16-17-18-19-20-21-22-23-25-26-28-30-32-36(41)35(34-40)39-38(43)37(42)33-31-29-27-24-12-10-8-6-4-2/h10,12,35-37,40-42H,3-9,11,13-34H2,1-2H3,(H,39,43)/b12-10-. The van der Waals surface area contributed by atoms with Crippen molar-refractivity contribution in [3.05, 3.63) is 12.2 Å². The maximum absolute atomic E-state index is 12.3. The number of hydrogen-bond acceptors (Lipinski definition) is 4. The van der Waals surface area contributed by atoms with Crippen LogP contribution in [0.25, 0.3) is 0 Å². The van der Waals surface area contributed by atoms with Gasteiger partial charge in [0, 0.05) is 0 Å². The molecule has 3 unspecified atom stereocenters. The third-order valence-corrected chi connectivity index (χ3v) is 8.88. The van der Waals surface area contributed by atoms with Crippen LogP contribution in [0.2, 0.25) is 0 Å². The van der Waals surface area contributed by atoms with Gasteiger partial charge < -0.3 is 20.6 Å². The SMILES string of the molecule is CCCC/C=C\CCCCCC(O)C(=O)NC(CO)C(O)CCCCCCCCCCCCCCCCCCCCCC. The third kappa shape index (κ3) is 29.6. The molecule has 0 saturated heterocycles. The summed E-state index contributed by atoms with van der Waals surface area (Å²) in [6, 6.07) is -0.712. The first-order valence-corrected chi connectivity index (χ1v) is 19.0. The Labute approximate surface area is 268 Å². The molecule has 0 aromatic carbocycles. The van der Waals surface area contributed by atoms with Crippen LogP contribution in [0.15, 0.2) is 12.2 Å². The van der Waals surface area contributed by atoms with Crippen LogP contribution in [0.5, 0.6) is 0 Å². The number of allylic oxidation sites excluding steroid dienone is 2. The summed E-state index contributed by atoms with van der Waals surface area (Å²) in [5, 5.41) is 33.0. The monoisotopic (exact) mass is 610 g/mol. The van der Waals surface area contributed by atoms with Crippen molar-refractivity contribution >= 4 is 5.91 Å². The van der Waals surface area contributed by atoms with Gasteiger partial charge in [-0.15, -0.1) is 0 Å². The normalized spacial score (nSPS) is 13.9. The van der Waals surface area contributed by atoms with Crippen molar-refractivity contribution in [3.63, 3.8) is 0 Å². The Hall–Kier alpha value is -0.910. The Morgan fingerprint density at radius 2 is 0.907 bits per heavy atom. The molecule has 0 aromatic heterocycles. The van der Waals surface area contributed by atoms with Gasteiger partial charge in [0.05, 0.1) is 18.8 Å². The van der Waals surface area contributed by atoms with E-state index in [1.165, 1.54) is 128 Å². The molecule has 0 aliphatic carbocycles.